The summed E-state index contributed by atoms with van der Waals surface area (Å²) >= 11 is 0. The van der Waals surface area contributed by atoms with Crippen LogP contribution >= 0.6 is 0 Å². The fraction of sp³-hybridized carbons (Fsp3) is 0.346. The van der Waals surface area contributed by atoms with E-state index in [-0.39, 0.29) is 36.3 Å². The third-order valence-corrected chi connectivity index (χ3v) is 6.88. The molecule has 37 heavy (non-hydrogen) atoms. The molecule has 5 heterocycles. The highest BCUT2D eigenvalue weighted by atomic mass is 16.5. The van der Waals surface area contributed by atoms with Gasteiger partial charge in [0.05, 0.1) is 30.0 Å². The predicted octanol–water partition coefficient (Wildman–Crippen LogP) is 1.15. The number of carbonyl (C=O) groups excluding carboxylic acids is 4. The lowest BCUT2D eigenvalue weighted by Gasteiger charge is -2.27. The monoisotopic (exact) mass is 503 g/mol. The lowest BCUT2D eigenvalue weighted by atomic mass is 10.0. The molecule has 1 N–H and O–H groups in total. The van der Waals surface area contributed by atoms with Crippen molar-refractivity contribution < 1.29 is 28.7 Å². The third-order valence-electron chi connectivity index (χ3n) is 6.88. The molecule has 0 bridgehead atoms. The molecule has 4 amide bonds. The summed E-state index contributed by atoms with van der Waals surface area (Å²) in [6, 6.07) is 7.78. The van der Waals surface area contributed by atoms with E-state index in [1.165, 1.54) is 6.07 Å². The summed E-state index contributed by atoms with van der Waals surface area (Å²) in [7, 11) is 0. The second kappa shape index (κ2) is 9.41. The van der Waals surface area contributed by atoms with E-state index in [9.17, 15) is 19.2 Å². The van der Waals surface area contributed by atoms with Crippen LogP contribution in [0.1, 0.15) is 44.8 Å². The lowest BCUT2D eigenvalue weighted by Crippen LogP contribution is -2.54. The summed E-state index contributed by atoms with van der Waals surface area (Å²) in [5, 5.41) is 2.20. The predicted molar refractivity (Wildman–Crippen MR) is 129 cm³/mol. The van der Waals surface area contributed by atoms with Gasteiger partial charge in [0.25, 0.3) is 11.8 Å². The van der Waals surface area contributed by atoms with E-state index in [2.05, 4.69) is 21.3 Å². The average Bonchev–Trinajstić information content (AvgIpc) is 3.42. The highest BCUT2D eigenvalue weighted by Gasteiger charge is 2.46. The van der Waals surface area contributed by atoms with Crippen LogP contribution in [0.15, 0.2) is 42.7 Å². The van der Waals surface area contributed by atoms with Gasteiger partial charge in [-0.1, -0.05) is 12.1 Å². The van der Waals surface area contributed by atoms with Crippen LogP contribution in [0.4, 0.5) is 0 Å². The Morgan fingerprint density at radius 1 is 1.03 bits per heavy atom. The Morgan fingerprint density at radius 2 is 1.86 bits per heavy atom. The number of nitrogens with one attached hydrogen (secondary N) is 1. The van der Waals surface area contributed by atoms with Crippen molar-refractivity contribution in [3.05, 3.63) is 65.1 Å². The molecule has 11 nitrogen and oxygen atoms in total. The number of ether oxygens (including phenoxy) is 2. The maximum Gasteiger partial charge on any atom is 0.266 e. The Labute approximate surface area is 211 Å². The van der Waals surface area contributed by atoms with Crippen molar-refractivity contribution in [2.45, 2.75) is 32.0 Å². The quantitative estimate of drug-likeness (QED) is 0.497. The molecule has 2 aromatic heterocycles. The molecular formula is C26H25N5O6. The number of benzene rings is 1. The van der Waals surface area contributed by atoms with Crippen molar-refractivity contribution in [2.75, 3.05) is 26.3 Å². The number of pyridine rings is 1. The summed E-state index contributed by atoms with van der Waals surface area (Å²) in [5.41, 5.74) is 2.90. The van der Waals surface area contributed by atoms with Crippen molar-refractivity contribution in [3.8, 4) is 5.75 Å². The maximum atomic E-state index is 13.2. The molecule has 1 unspecified atom stereocenters. The zero-order valence-corrected chi connectivity index (χ0v) is 20.0. The van der Waals surface area contributed by atoms with Crippen LogP contribution < -0.4 is 10.1 Å². The molecule has 0 radical (unpaired) electrons. The van der Waals surface area contributed by atoms with E-state index in [1.54, 1.807) is 12.1 Å². The van der Waals surface area contributed by atoms with Gasteiger partial charge in [-0.15, -0.1) is 0 Å². The number of rotatable bonds is 6. The van der Waals surface area contributed by atoms with Gasteiger partial charge in [0.2, 0.25) is 11.8 Å². The van der Waals surface area contributed by atoms with E-state index in [0.29, 0.717) is 5.69 Å². The Balaban J connectivity index is 1.18. The molecule has 0 aliphatic carbocycles. The second-order valence-electron chi connectivity index (χ2n) is 9.34. The molecule has 1 aromatic carbocycles. The number of carbonyl (C=O) groups is 4. The van der Waals surface area contributed by atoms with Gasteiger partial charge in [-0.3, -0.25) is 34.3 Å². The molecule has 3 aliphatic heterocycles. The van der Waals surface area contributed by atoms with Crippen LogP contribution in [-0.4, -0.2) is 75.2 Å². The SMILES string of the molecule is O=C1CCC(N2C(=O)c3cccc(OCc4cn5cc(CN6CCOCC6)ccc5n4)c3C2=O)C(=O)N1. The number of amides is 4. The van der Waals surface area contributed by atoms with E-state index in [1.807, 2.05) is 22.9 Å². The first-order valence-electron chi connectivity index (χ1n) is 12.2. The minimum absolute atomic E-state index is 0.0647. The number of hydrogen-bond acceptors (Lipinski definition) is 8. The van der Waals surface area contributed by atoms with Crippen LogP contribution in [0, 0.1) is 0 Å². The summed E-state index contributed by atoms with van der Waals surface area (Å²) < 4.78 is 13.3. The van der Waals surface area contributed by atoms with E-state index >= 15 is 0 Å². The molecule has 3 aromatic rings. The minimum Gasteiger partial charge on any atom is -0.486 e. The minimum atomic E-state index is -1.02. The van der Waals surface area contributed by atoms with Crippen molar-refractivity contribution in [1.82, 2.24) is 24.5 Å². The Bertz CT molecular complexity index is 1430. The van der Waals surface area contributed by atoms with Crippen LogP contribution in [0.25, 0.3) is 5.65 Å². The highest BCUT2D eigenvalue weighted by Crippen LogP contribution is 2.34. The number of hydrogen-bond donors (Lipinski definition) is 1. The first-order chi connectivity index (χ1) is 18.0. The standard InChI is InChI=1S/C26H25N5O6/c32-22-7-5-19(24(33)28-22)31-25(34)18-2-1-3-20(23(18)26(31)35)37-15-17-14-30-13-16(4-6-21(30)27-17)12-29-8-10-36-11-9-29/h1-4,6,13-14,19H,5,7-12,15H2,(H,28,32,33). The molecule has 1 atom stereocenters. The van der Waals surface area contributed by atoms with Gasteiger partial charge in [-0.05, 0) is 30.2 Å². The van der Waals surface area contributed by atoms with Gasteiger partial charge >= 0.3 is 0 Å². The summed E-state index contributed by atoms with van der Waals surface area (Å²) in [4.78, 5) is 58.0. The van der Waals surface area contributed by atoms with Crippen LogP contribution in [0.2, 0.25) is 0 Å². The van der Waals surface area contributed by atoms with Crippen molar-refractivity contribution in [1.29, 1.82) is 0 Å². The molecule has 0 spiro atoms. The number of morpholine rings is 1. The Kier molecular flexibility index (Phi) is 5.93. The maximum absolute atomic E-state index is 13.2. The van der Waals surface area contributed by atoms with Crippen molar-refractivity contribution >= 4 is 29.3 Å². The van der Waals surface area contributed by atoms with Crippen molar-refractivity contribution in [3.63, 3.8) is 0 Å². The molecule has 2 fully saturated rings. The highest BCUT2D eigenvalue weighted by molar-refractivity contribution is 6.24. The zero-order valence-electron chi connectivity index (χ0n) is 20.0. The Morgan fingerprint density at radius 3 is 2.68 bits per heavy atom. The molecular weight excluding hydrogens is 478 g/mol. The molecule has 0 saturated carbocycles. The number of fused-ring (bicyclic) bond motifs is 2. The average molecular weight is 504 g/mol. The summed E-state index contributed by atoms with van der Waals surface area (Å²) in [5.74, 6) is -1.99. The third kappa shape index (κ3) is 4.36. The van der Waals surface area contributed by atoms with E-state index < -0.39 is 29.7 Å². The smallest absolute Gasteiger partial charge is 0.266 e. The largest absolute Gasteiger partial charge is 0.486 e. The summed E-state index contributed by atoms with van der Waals surface area (Å²) in [6.07, 6.45) is 4.09. The van der Waals surface area contributed by atoms with Crippen LogP contribution in [-0.2, 0) is 27.5 Å². The number of aromatic nitrogens is 2. The van der Waals surface area contributed by atoms with Gasteiger partial charge in [0.15, 0.2) is 0 Å². The number of piperidine rings is 1. The van der Waals surface area contributed by atoms with Gasteiger partial charge in [-0.25, -0.2) is 4.98 Å². The first kappa shape index (κ1) is 23.3. The first-order valence-corrected chi connectivity index (χ1v) is 12.2. The van der Waals surface area contributed by atoms with Gasteiger partial charge in [0.1, 0.15) is 24.0 Å². The molecule has 2 saturated heterocycles. The van der Waals surface area contributed by atoms with E-state index in [0.717, 1.165) is 49.0 Å². The van der Waals surface area contributed by atoms with Crippen molar-refractivity contribution in [2.24, 2.45) is 0 Å². The van der Waals surface area contributed by atoms with Crippen LogP contribution in [0.3, 0.4) is 0 Å². The number of nitrogens with zero attached hydrogens (tertiary/aromatic N) is 4. The summed E-state index contributed by atoms with van der Waals surface area (Å²) in [6.45, 7) is 4.24. The normalized spacial score (nSPS) is 20.4. The fourth-order valence-electron chi connectivity index (χ4n) is 5.03. The molecule has 3 aliphatic rings. The molecule has 6 rings (SSSR count). The fourth-order valence-corrected chi connectivity index (χ4v) is 5.03. The lowest BCUT2D eigenvalue weighted by molar-refractivity contribution is -0.136. The van der Waals surface area contributed by atoms with E-state index in [4.69, 9.17) is 9.47 Å². The van der Waals surface area contributed by atoms with Crippen LogP contribution in [0.5, 0.6) is 5.75 Å². The molecule has 190 valence electrons. The van der Waals surface area contributed by atoms with Gasteiger partial charge < -0.3 is 13.9 Å². The Hall–Kier alpha value is -4.09. The second-order valence-corrected chi connectivity index (χ2v) is 9.34. The molecule has 11 heteroatoms. The number of imide groups is 2. The van der Waals surface area contributed by atoms with Gasteiger partial charge in [0, 0.05) is 38.4 Å². The zero-order chi connectivity index (χ0) is 25.5. The number of imidazole rings is 1. The van der Waals surface area contributed by atoms with Gasteiger partial charge in [-0.2, -0.15) is 0 Å². The topological polar surface area (TPSA) is 123 Å².